The first-order chi connectivity index (χ1) is 7.09. The topological polar surface area (TPSA) is 50.1 Å². The van der Waals surface area contributed by atoms with Gasteiger partial charge in [-0.3, -0.25) is 4.68 Å². The first kappa shape index (κ1) is 12.2. The third kappa shape index (κ3) is 3.64. The van der Waals surface area contributed by atoms with Crippen LogP contribution in [0.1, 0.15) is 26.0 Å². The molecule has 1 atom stereocenters. The van der Waals surface area contributed by atoms with Crippen LogP contribution in [-0.4, -0.2) is 33.6 Å². The Morgan fingerprint density at radius 1 is 1.60 bits per heavy atom. The fourth-order valence-corrected chi connectivity index (χ4v) is 1.50. The summed E-state index contributed by atoms with van der Waals surface area (Å²) in [5.74, 6) is 0. The van der Waals surface area contributed by atoms with Gasteiger partial charge in [0.25, 0.3) is 0 Å². The molecular formula is C11H21N3O. The molecular weight excluding hydrogens is 190 g/mol. The summed E-state index contributed by atoms with van der Waals surface area (Å²) in [7, 11) is 0. The summed E-state index contributed by atoms with van der Waals surface area (Å²) in [5, 5.41) is 17.0. The van der Waals surface area contributed by atoms with Gasteiger partial charge < -0.3 is 10.4 Å². The minimum absolute atomic E-state index is 0.117. The van der Waals surface area contributed by atoms with Crippen LogP contribution in [0.2, 0.25) is 0 Å². The highest BCUT2D eigenvalue weighted by Gasteiger charge is 2.23. The maximum Gasteiger partial charge on any atom is 0.0628 e. The molecule has 0 saturated heterocycles. The van der Waals surface area contributed by atoms with Crippen molar-refractivity contribution in [2.24, 2.45) is 0 Å². The van der Waals surface area contributed by atoms with Crippen molar-refractivity contribution in [3.63, 3.8) is 0 Å². The lowest BCUT2D eigenvalue weighted by Crippen LogP contribution is -2.49. The Kier molecular flexibility index (Phi) is 4.29. The van der Waals surface area contributed by atoms with E-state index in [0.717, 1.165) is 18.7 Å². The van der Waals surface area contributed by atoms with Gasteiger partial charge in [-0.05, 0) is 32.9 Å². The average Bonchev–Trinajstić information content (AvgIpc) is 2.61. The van der Waals surface area contributed by atoms with Crippen molar-refractivity contribution >= 4 is 0 Å². The summed E-state index contributed by atoms with van der Waals surface area (Å²) in [4.78, 5) is 0. The summed E-state index contributed by atoms with van der Waals surface area (Å²) in [6.45, 7) is 7.81. The van der Waals surface area contributed by atoms with E-state index in [0.29, 0.717) is 6.54 Å². The Hall–Kier alpha value is -0.870. The van der Waals surface area contributed by atoms with Crippen molar-refractivity contribution in [1.82, 2.24) is 15.1 Å². The molecule has 0 aliphatic heterocycles. The number of aromatic nitrogens is 2. The van der Waals surface area contributed by atoms with Gasteiger partial charge in [0, 0.05) is 6.20 Å². The monoisotopic (exact) mass is 211 g/mol. The third-order valence-corrected chi connectivity index (χ3v) is 2.44. The van der Waals surface area contributed by atoms with Gasteiger partial charge in [0.15, 0.2) is 0 Å². The van der Waals surface area contributed by atoms with E-state index in [1.165, 1.54) is 0 Å². The van der Waals surface area contributed by atoms with Crippen LogP contribution in [0.3, 0.4) is 0 Å². The molecule has 4 heteroatoms. The van der Waals surface area contributed by atoms with E-state index in [2.05, 4.69) is 17.3 Å². The molecule has 0 amide bonds. The van der Waals surface area contributed by atoms with E-state index in [4.69, 9.17) is 0 Å². The molecule has 2 N–H and O–H groups in total. The van der Waals surface area contributed by atoms with Gasteiger partial charge in [-0.15, -0.1) is 0 Å². The van der Waals surface area contributed by atoms with E-state index in [1.54, 1.807) is 0 Å². The highest BCUT2D eigenvalue weighted by Crippen LogP contribution is 2.07. The van der Waals surface area contributed by atoms with Gasteiger partial charge in [0.1, 0.15) is 0 Å². The Morgan fingerprint density at radius 2 is 2.33 bits per heavy atom. The summed E-state index contributed by atoms with van der Waals surface area (Å²) < 4.78 is 1.87. The molecule has 86 valence electrons. The van der Waals surface area contributed by atoms with Crippen molar-refractivity contribution in [3.8, 4) is 0 Å². The Balaban J connectivity index is 2.59. The number of nitrogens with one attached hydrogen (secondary N) is 1. The van der Waals surface area contributed by atoms with Crippen molar-refractivity contribution in [2.75, 3.05) is 13.2 Å². The second kappa shape index (κ2) is 5.28. The molecule has 1 rings (SSSR count). The maximum absolute atomic E-state index is 9.38. The smallest absolute Gasteiger partial charge is 0.0628 e. The van der Waals surface area contributed by atoms with Gasteiger partial charge in [-0.2, -0.15) is 5.10 Å². The molecule has 0 aromatic carbocycles. The maximum atomic E-state index is 9.38. The second-order valence-electron chi connectivity index (χ2n) is 4.30. The van der Waals surface area contributed by atoms with Gasteiger partial charge in [0.2, 0.25) is 0 Å². The minimum atomic E-state index is -0.283. The zero-order valence-electron chi connectivity index (χ0n) is 9.82. The largest absolute Gasteiger partial charge is 0.394 e. The van der Waals surface area contributed by atoms with Crippen LogP contribution in [0, 0.1) is 6.92 Å². The fraction of sp³-hybridized carbons (Fsp3) is 0.727. The van der Waals surface area contributed by atoms with Crippen molar-refractivity contribution in [1.29, 1.82) is 0 Å². The molecule has 0 spiro atoms. The average molecular weight is 211 g/mol. The predicted molar refractivity (Wildman–Crippen MR) is 60.7 cm³/mol. The van der Waals surface area contributed by atoms with Gasteiger partial charge in [0.05, 0.1) is 24.4 Å². The van der Waals surface area contributed by atoms with Crippen LogP contribution in [0.4, 0.5) is 0 Å². The molecule has 0 fully saturated rings. The fourth-order valence-electron chi connectivity index (χ4n) is 1.50. The number of rotatable bonds is 6. The molecule has 15 heavy (non-hydrogen) atoms. The molecule has 0 radical (unpaired) electrons. The molecule has 1 heterocycles. The summed E-state index contributed by atoms with van der Waals surface area (Å²) in [5.41, 5.74) is 0.722. The second-order valence-corrected chi connectivity index (χ2v) is 4.30. The summed E-state index contributed by atoms with van der Waals surface area (Å²) in [6.07, 6.45) is 3.00. The number of nitrogens with zero attached hydrogens (tertiary/aromatic N) is 2. The molecule has 1 aromatic rings. The number of aryl methyl sites for hydroxylation is 1. The molecule has 0 saturated carbocycles. The normalized spacial score (nSPS) is 15.2. The molecule has 0 aliphatic carbocycles. The van der Waals surface area contributed by atoms with Crippen molar-refractivity contribution < 1.29 is 5.11 Å². The van der Waals surface area contributed by atoms with Crippen LogP contribution >= 0.6 is 0 Å². The highest BCUT2D eigenvalue weighted by atomic mass is 16.3. The van der Waals surface area contributed by atoms with Gasteiger partial charge in [-0.25, -0.2) is 0 Å². The Labute approximate surface area is 91.3 Å². The van der Waals surface area contributed by atoms with Crippen LogP contribution in [0.5, 0.6) is 0 Å². The van der Waals surface area contributed by atoms with Crippen LogP contribution in [0.25, 0.3) is 0 Å². The van der Waals surface area contributed by atoms with E-state index in [1.807, 2.05) is 30.8 Å². The third-order valence-electron chi connectivity index (χ3n) is 2.44. The molecule has 1 unspecified atom stereocenters. The molecule has 0 aliphatic rings. The minimum Gasteiger partial charge on any atom is -0.394 e. The van der Waals surface area contributed by atoms with Crippen molar-refractivity contribution in [3.05, 3.63) is 18.0 Å². The summed E-state index contributed by atoms with van der Waals surface area (Å²) >= 11 is 0. The van der Waals surface area contributed by atoms with E-state index in [9.17, 15) is 5.11 Å². The number of aliphatic hydroxyl groups excluding tert-OH is 1. The number of aliphatic hydroxyl groups is 1. The van der Waals surface area contributed by atoms with Crippen LogP contribution in [0.15, 0.2) is 12.3 Å². The highest BCUT2D eigenvalue weighted by molar-refractivity contribution is 4.96. The standard InChI is InChI=1S/C11H21N3O/c1-4-6-12-11(3,9-15)8-14-7-5-10(2)13-14/h5,7,12,15H,4,6,8-9H2,1-3H3. The van der Waals surface area contributed by atoms with E-state index in [-0.39, 0.29) is 12.1 Å². The number of hydrogen-bond donors (Lipinski definition) is 2. The Morgan fingerprint density at radius 3 is 2.80 bits per heavy atom. The first-order valence-corrected chi connectivity index (χ1v) is 5.45. The van der Waals surface area contributed by atoms with E-state index >= 15 is 0 Å². The molecule has 0 bridgehead atoms. The predicted octanol–water partition coefficient (Wildman–Crippen LogP) is 0.942. The van der Waals surface area contributed by atoms with Crippen LogP contribution < -0.4 is 5.32 Å². The Bertz CT molecular complexity index is 298. The quantitative estimate of drug-likeness (QED) is 0.736. The lowest BCUT2D eigenvalue weighted by molar-refractivity contribution is 0.153. The number of hydrogen-bond acceptors (Lipinski definition) is 3. The zero-order chi connectivity index (χ0) is 11.3. The van der Waals surface area contributed by atoms with Crippen LogP contribution in [-0.2, 0) is 6.54 Å². The molecule has 1 aromatic heterocycles. The summed E-state index contributed by atoms with van der Waals surface area (Å²) in [6, 6.07) is 1.97. The van der Waals surface area contributed by atoms with Gasteiger partial charge >= 0.3 is 0 Å². The first-order valence-electron chi connectivity index (χ1n) is 5.45. The molecule has 4 nitrogen and oxygen atoms in total. The SMILES string of the molecule is CCCNC(C)(CO)Cn1ccc(C)n1. The van der Waals surface area contributed by atoms with Gasteiger partial charge in [-0.1, -0.05) is 6.92 Å². The lowest BCUT2D eigenvalue weighted by atomic mass is 10.0. The zero-order valence-corrected chi connectivity index (χ0v) is 9.82. The lowest BCUT2D eigenvalue weighted by Gasteiger charge is -2.28. The van der Waals surface area contributed by atoms with Crippen molar-refractivity contribution in [2.45, 2.75) is 39.3 Å². The van der Waals surface area contributed by atoms with E-state index < -0.39 is 0 Å².